The summed E-state index contributed by atoms with van der Waals surface area (Å²) in [5, 5.41) is 3.12. The molecule has 0 radical (unpaired) electrons. The quantitative estimate of drug-likeness (QED) is 0.840. The van der Waals surface area contributed by atoms with Crippen molar-refractivity contribution in [3.63, 3.8) is 0 Å². The second kappa shape index (κ2) is 6.51. The number of nitrogens with one attached hydrogen (secondary N) is 1. The van der Waals surface area contributed by atoms with Gasteiger partial charge in [-0.2, -0.15) is 0 Å². The van der Waals surface area contributed by atoms with E-state index in [2.05, 4.69) is 29.4 Å². The Kier molecular flexibility index (Phi) is 4.53. The SMILES string of the molecule is COc1cc2c(cc1NC(=O)C(C)(C)C)C[C@H]1C3CCCC[C@]23CCN1C. The van der Waals surface area contributed by atoms with Crippen molar-refractivity contribution < 1.29 is 9.53 Å². The number of likely N-dealkylation sites (tertiary alicyclic amines) is 1. The number of ether oxygens (including phenoxy) is 1. The summed E-state index contributed by atoms with van der Waals surface area (Å²) in [7, 11) is 4.00. The number of benzene rings is 1. The minimum atomic E-state index is -0.426. The van der Waals surface area contributed by atoms with Gasteiger partial charge in [0.05, 0.1) is 12.8 Å². The van der Waals surface area contributed by atoms with E-state index >= 15 is 0 Å². The molecule has 0 aromatic heterocycles. The predicted octanol–water partition coefficient (Wildman–Crippen LogP) is 4.37. The minimum Gasteiger partial charge on any atom is -0.495 e. The summed E-state index contributed by atoms with van der Waals surface area (Å²) in [6.45, 7) is 7.01. The molecule has 2 bridgehead atoms. The monoisotopic (exact) mass is 370 g/mol. The summed E-state index contributed by atoms with van der Waals surface area (Å²) in [5.41, 5.74) is 3.62. The Morgan fingerprint density at radius 1 is 1.26 bits per heavy atom. The summed E-state index contributed by atoms with van der Waals surface area (Å²) in [6, 6.07) is 5.09. The first kappa shape index (κ1) is 18.8. The number of rotatable bonds is 2. The molecule has 1 aromatic carbocycles. The maximum atomic E-state index is 12.6. The molecule has 2 fully saturated rings. The Balaban J connectivity index is 1.79. The first-order chi connectivity index (χ1) is 12.8. The highest BCUT2D eigenvalue weighted by Gasteiger charge is 2.53. The van der Waals surface area contributed by atoms with Gasteiger partial charge >= 0.3 is 0 Å². The fourth-order valence-electron chi connectivity index (χ4n) is 5.81. The van der Waals surface area contributed by atoms with Crippen LogP contribution in [0.1, 0.15) is 64.0 Å². The molecule has 4 rings (SSSR count). The van der Waals surface area contributed by atoms with Crippen LogP contribution in [0, 0.1) is 11.3 Å². The van der Waals surface area contributed by atoms with E-state index in [0.29, 0.717) is 11.5 Å². The molecular weight excluding hydrogens is 336 g/mol. The van der Waals surface area contributed by atoms with Crippen molar-refractivity contribution in [3.8, 4) is 5.75 Å². The number of nitrogens with zero attached hydrogens (tertiary/aromatic N) is 1. The van der Waals surface area contributed by atoms with Gasteiger partial charge in [0, 0.05) is 16.9 Å². The van der Waals surface area contributed by atoms with Crippen LogP contribution in [0.15, 0.2) is 12.1 Å². The van der Waals surface area contributed by atoms with Crippen molar-refractivity contribution in [3.05, 3.63) is 23.3 Å². The Morgan fingerprint density at radius 3 is 2.74 bits per heavy atom. The van der Waals surface area contributed by atoms with Gasteiger partial charge < -0.3 is 15.0 Å². The lowest BCUT2D eigenvalue weighted by Gasteiger charge is -2.58. The van der Waals surface area contributed by atoms with Crippen molar-refractivity contribution in [2.75, 3.05) is 26.0 Å². The number of methoxy groups -OCH3 is 1. The average molecular weight is 371 g/mol. The van der Waals surface area contributed by atoms with Crippen molar-refractivity contribution in [1.29, 1.82) is 0 Å². The van der Waals surface area contributed by atoms with Crippen LogP contribution < -0.4 is 10.1 Å². The summed E-state index contributed by atoms with van der Waals surface area (Å²) in [5.74, 6) is 1.60. The molecule has 3 aliphatic rings. The van der Waals surface area contributed by atoms with Gasteiger partial charge in [-0.1, -0.05) is 33.6 Å². The van der Waals surface area contributed by atoms with E-state index < -0.39 is 5.41 Å². The van der Waals surface area contributed by atoms with Crippen LogP contribution in [-0.4, -0.2) is 37.6 Å². The van der Waals surface area contributed by atoms with Crippen LogP contribution in [0.5, 0.6) is 5.75 Å². The molecule has 1 aliphatic heterocycles. The topological polar surface area (TPSA) is 41.6 Å². The average Bonchev–Trinajstić information content (AvgIpc) is 2.63. The highest BCUT2D eigenvalue weighted by molar-refractivity contribution is 5.96. The standard InChI is InChI=1S/C23H34N2O2/c1-22(2,3)21(26)24-18-12-15-13-19-16-8-6-7-9-23(16,10-11-25(19)4)17(15)14-20(18)27-5/h12,14,16,19H,6-11,13H2,1-5H3,(H,24,26)/t16?,19-,23+/m0/s1. The van der Waals surface area contributed by atoms with Gasteiger partial charge in [-0.15, -0.1) is 0 Å². The zero-order valence-electron chi connectivity index (χ0n) is 17.5. The molecule has 3 atom stereocenters. The predicted molar refractivity (Wildman–Crippen MR) is 109 cm³/mol. The number of carbonyl (C=O) groups is 1. The highest BCUT2D eigenvalue weighted by Crippen LogP contribution is 2.56. The number of fused-ring (bicyclic) bond motifs is 1. The fraction of sp³-hybridized carbons (Fsp3) is 0.696. The first-order valence-corrected chi connectivity index (χ1v) is 10.5. The largest absolute Gasteiger partial charge is 0.495 e. The Hall–Kier alpha value is -1.55. The molecule has 1 heterocycles. The maximum absolute atomic E-state index is 12.6. The van der Waals surface area contributed by atoms with Crippen molar-refractivity contribution >= 4 is 11.6 Å². The first-order valence-electron chi connectivity index (χ1n) is 10.5. The molecule has 4 heteroatoms. The molecule has 4 nitrogen and oxygen atoms in total. The Morgan fingerprint density at radius 2 is 2.04 bits per heavy atom. The molecule has 27 heavy (non-hydrogen) atoms. The second-order valence-corrected chi connectivity index (χ2v) is 9.92. The van der Waals surface area contributed by atoms with Crippen LogP contribution in [0.25, 0.3) is 0 Å². The number of anilines is 1. The third-order valence-corrected chi connectivity index (χ3v) is 7.36. The Labute approximate surface area is 163 Å². The van der Waals surface area contributed by atoms with E-state index in [1.165, 1.54) is 49.8 Å². The van der Waals surface area contributed by atoms with Gasteiger partial charge in [-0.05, 0) is 68.5 Å². The lowest BCUT2D eigenvalue weighted by Crippen LogP contribution is -2.59. The zero-order valence-corrected chi connectivity index (χ0v) is 17.5. The van der Waals surface area contributed by atoms with Crippen LogP contribution in [-0.2, 0) is 16.6 Å². The van der Waals surface area contributed by atoms with Crippen molar-refractivity contribution in [2.45, 2.75) is 70.8 Å². The lowest BCUT2D eigenvalue weighted by molar-refractivity contribution is -0.123. The number of amides is 1. The fourth-order valence-corrected chi connectivity index (χ4v) is 5.81. The van der Waals surface area contributed by atoms with Crippen molar-refractivity contribution in [2.24, 2.45) is 11.3 Å². The Bertz CT molecular complexity index is 751. The van der Waals surface area contributed by atoms with Crippen LogP contribution in [0.4, 0.5) is 5.69 Å². The van der Waals surface area contributed by atoms with Crippen LogP contribution >= 0.6 is 0 Å². The minimum absolute atomic E-state index is 0.0302. The van der Waals surface area contributed by atoms with E-state index in [4.69, 9.17) is 4.74 Å². The van der Waals surface area contributed by atoms with Gasteiger partial charge in [0.25, 0.3) is 0 Å². The van der Waals surface area contributed by atoms with Crippen LogP contribution in [0.2, 0.25) is 0 Å². The molecular formula is C23H34N2O2. The van der Waals surface area contributed by atoms with Crippen molar-refractivity contribution in [1.82, 2.24) is 4.90 Å². The van der Waals surface area contributed by atoms with E-state index in [0.717, 1.165) is 23.8 Å². The van der Waals surface area contributed by atoms with E-state index in [-0.39, 0.29) is 5.91 Å². The van der Waals surface area contributed by atoms with E-state index in [1.807, 2.05) is 20.8 Å². The molecule has 1 saturated heterocycles. The summed E-state index contributed by atoms with van der Waals surface area (Å²) < 4.78 is 5.74. The molecule has 1 unspecified atom stereocenters. The highest BCUT2D eigenvalue weighted by atomic mass is 16.5. The smallest absolute Gasteiger partial charge is 0.229 e. The number of likely N-dealkylation sites (N-methyl/N-ethyl adjacent to an activating group) is 1. The summed E-state index contributed by atoms with van der Waals surface area (Å²) in [4.78, 5) is 15.1. The number of carbonyl (C=O) groups excluding carboxylic acids is 1. The maximum Gasteiger partial charge on any atom is 0.229 e. The molecule has 1 aromatic rings. The molecule has 1 N–H and O–H groups in total. The summed E-state index contributed by atoms with van der Waals surface area (Å²) in [6.07, 6.45) is 7.67. The third-order valence-electron chi connectivity index (χ3n) is 7.36. The molecule has 1 amide bonds. The lowest BCUT2D eigenvalue weighted by atomic mass is 9.52. The number of hydrogen-bond donors (Lipinski definition) is 1. The zero-order chi connectivity index (χ0) is 19.4. The molecule has 2 aliphatic carbocycles. The number of hydrogen-bond acceptors (Lipinski definition) is 3. The van der Waals surface area contributed by atoms with Gasteiger partial charge in [0.15, 0.2) is 0 Å². The van der Waals surface area contributed by atoms with Gasteiger partial charge in [0.2, 0.25) is 5.91 Å². The van der Waals surface area contributed by atoms with Gasteiger partial charge in [-0.3, -0.25) is 4.79 Å². The van der Waals surface area contributed by atoms with E-state index in [1.54, 1.807) is 7.11 Å². The molecule has 0 spiro atoms. The third kappa shape index (κ3) is 2.97. The molecule has 148 valence electrons. The van der Waals surface area contributed by atoms with Gasteiger partial charge in [-0.25, -0.2) is 0 Å². The molecule has 1 saturated carbocycles. The summed E-state index contributed by atoms with van der Waals surface area (Å²) >= 11 is 0. The normalized spacial score (nSPS) is 30.3. The van der Waals surface area contributed by atoms with E-state index in [9.17, 15) is 4.79 Å². The van der Waals surface area contributed by atoms with Gasteiger partial charge in [0.1, 0.15) is 5.75 Å². The number of piperidine rings is 1. The van der Waals surface area contributed by atoms with Crippen LogP contribution in [0.3, 0.4) is 0 Å². The second-order valence-electron chi connectivity index (χ2n) is 9.92.